The maximum atomic E-state index is 11.9. The van der Waals surface area contributed by atoms with Crippen molar-refractivity contribution in [2.24, 2.45) is 5.92 Å². The summed E-state index contributed by atoms with van der Waals surface area (Å²) >= 11 is 0. The maximum absolute atomic E-state index is 11.9. The molecule has 0 aromatic carbocycles. The van der Waals surface area contributed by atoms with Crippen LogP contribution in [-0.2, 0) is 9.53 Å². The Morgan fingerprint density at radius 2 is 2.38 bits per heavy atom. The number of ether oxygens (including phenoxy) is 1. The molecule has 4 heteroatoms. The second kappa shape index (κ2) is 6.86. The van der Waals surface area contributed by atoms with Crippen molar-refractivity contribution < 1.29 is 9.53 Å². The first-order valence-electron chi connectivity index (χ1n) is 6.18. The Hall–Kier alpha value is -0.610. The summed E-state index contributed by atoms with van der Waals surface area (Å²) in [5.74, 6) is 0.785. The average molecular weight is 228 g/mol. The molecule has 1 aliphatic heterocycles. The van der Waals surface area contributed by atoms with Crippen molar-refractivity contribution in [3.63, 3.8) is 0 Å². The topological polar surface area (TPSA) is 41.6 Å². The van der Waals surface area contributed by atoms with Crippen LogP contribution in [0, 0.1) is 5.92 Å². The zero-order valence-electron chi connectivity index (χ0n) is 10.7. The molecule has 4 nitrogen and oxygen atoms in total. The second-order valence-electron chi connectivity index (χ2n) is 4.72. The largest absolute Gasteiger partial charge is 0.378 e. The lowest BCUT2D eigenvalue weighted by Crippen LogP contribution is -2.45. The minimum Gasteiger partial charge on any atom is -0.378 e. The van der Waals surface area contributed by atoms with Gasteiger partial charge in [-0.2, -0.15) is 0 Å². The van der Waals surface area contributed by atoms with Crippen molar-refractivity contribution in [2.45, 2.75) is 32.7 Å². The molecule has 0 aromatic heterocycles. The van der Waals surface area contributed by atoms with E-state index in [2.05, 4.69) is 19.2 Å². The van der Waals surface area contributed by atoms with Gasteiger partial charge < -0.3 is 15.0 Å². The lowest BCUT2D eigenvalue weighted by Gasteiger charge is -2.26. The maximum Gasteiger partial charge on any atom is 0.223 e. The molecule has 1 amide bonds. The first-order chi connectivity index (χ1) is 7.63. The molecular weight excluding hydrogens is 204 g/mol. The Kier molecular flexibility index (Phi) is 5.77. The summed E-state index contributed by atoms with van der Waals surface area (Å²) in [5.41, 5.74) is 0. The zero-order valence-corrected chi connectivity index (χ0v) is 10.7. The van der Waals surface area contributed by atoms with Gasteiger partial charge in [-0.05, 0) is 5.92 Å². The van der Waals surface area contributed by atoms with E-state index >= 15 is 0 Å². The van der Waals surface area contributed by atoms with Crippen LogP contribution in [0.4, 0.5) is 0 Å². The van der Waals surface area contributed by atoms with Gasteiger partial charge in [-0.15, -0.1) is 0 Å². The van der Waals surface area contributed by atoms with Crippen LogP contribution >= 0.6 is 0 Å². The standard InChI is InChI=1S/C12H24N2O2/c1-4-10(2)8-14(3)12(15)7-11-9-16-6-5-13-11/h10-11,13H,4-9H2,1-3H3. The molecule has 0 spiro atoms. The highest BCUT2D eigenvalue weighted by Gasteiger charge is 2.19. The monoisotopic (exact) mass is 228 g/mol. The smallest absolute Gasteiger partial charge is 0.223 e. The van der Waals surface area contributed by atoms with E-state index < -0.39 is 0 Å². The van der Waals surface area contributed by atoms with E-state index in [-0.39, 0.29) is 11.9 Å². The molecular formula is C12H24N2O2. The van der Waals surface area contributed by atoms with Crippen molar-refractivity contribution in [1.82, 2.24) is 10.2 Å². The molecule has 0 radical (unpaired) electrons. The van der Waals surface area contributed by atoms with E-state index in [0.717, 1.165) is 26.1 Å². The molecule has 1 N–H and O–H groups in total. The summed E-state index contributed by atoms with van der Waals surface area (Å²) in [6.07, 6.45) is 1.66. The highest BCUT2D eigenvalue weighted by Crippen LogP contribution is 2.06. The van der Waals surface area contributed by atoms with Crippen LogP contribution in [0.25, 0.3) is 0 Å². The molecule has 1 rings (SSSR count). The number of carbonyl (C=O) groups is 1. The van der Waals surface area contributed by atoms with Gasteiger partial charge in [0.05, 0.1) is 13.2 Å². The van der Waals surface area contributed by atoms with Crippen molar-refractivity contribution in [2.75, 3.05) is 33.4 Å². The van der Waals surface area contributed by atoms with Crippen LogP contribution in [0.2, 0.25) is 0 Å². The van der Waals surface area contributed by atoms with Gasteiger partial charge in [0.1, 0.15) is 0 Å². The Morgan fingerprint density at radius 3 is 2.94 bits per heavy atom. The van der Waals surface area contributed by atoms with Crippen LogP contribution < -0.4 is 5.32 Å². The van der Waals surface area contributed by atoms with Crippen LogP contribution in [0.1, 0.15) is 26.7 Å². The molecule has 0 aliphatic carbocycles. The number of nitrogens with zero attached hydrogens (tertiary/aromatic N) is 1. The fourth-order valence-corrected chi connectivity index (χ4v) is 1.82. The number of hydrogen-bond donors (Lipinski definition) is 1. The van der Waals surface area contributed by atoms with Crippen LogP contribution in [0.3, 0.4) is 0 Å². The van der Waals surface area contributed by atoms with Crippen molar-refractivity contribution in [1.29, 1.82) is 0 Å². The van der Waals surface area contributed by atoms with Gasteiger partial charge in [-0.1, -0.05) is 20.3 Å². The Morgan fingerprint density at radius 1 is 1.62 bits per heavy atom. The lowest BCUT2D eigenvalue weighted by molar-refractivity contribution is -0.131. The molecule has 0 aromatic rings. The highest BCUT2D eigenvalue weighted by atomic mass is 16.5. The highest BCUT2D eigenvalue weighted by molar-refractivity contribution is 5.76. The summed E-state index contributed by atoms with van der Waals surface area (Å²) in [6, 6.07) is 0.195. The minimum atomic E-state index is 0.195. The Labute approximate surface area is 98.3 Å². The Bertz CT molecular complexity index is 215. The van der Waals surface area contributed by atoms with E-state index in [0.29, 0.717) is 18.9 Å². The molecule has 2 unspecified atom stereocenters. The molecule has 1 saturated heterocycles. The van der Waals surface area contributed by atoms with Gasteiger partial charge >= 0.3 is 0 Å². The van der Waals surface area contributed by atoms with Crippen LogP contribution in [0.5, 0.6) is 0 Å². The minimum absolute atomic E-state index is 0.195. The fourth-order valence-electron chi connectivity index (χ4n) is 1.82. The van der Waals surface area contributed by atoms with Gasteiger partial charge in [-0.3, -0.25) is 4.79 Å². The van der Waals surface area contributed by atoms with Gasteiger partial charge in [0.2, 0.25) is 5.91 Å². The van der Waals surface area contributed by atoms with E-state index in [4.69, 9.17) is 4.74 Å². The molecule has 0 saturated carbocycles. The van der Waals surface area contributed by atoms with E-state index in [1.54, 1.807) is 0 Å². The quantitative estimate of drug-likeness (QED) is 0.759. The Balaban J connectivity index is 2.27. The summed E-state index contributed by atoms with van der Waals surface area (Å²) < 4.78 is 5.33. The molecule has 1 fully saturated rings. The number of hydrogen-bond acceptors (Lipinski definition) is 3. The van der Waals surface area contributed by atoms with Gasteiger partial charge in [0.25, 0.3) is 0 Å². The molecule has 2 atom stereocenters. The molecule has 0 bridgehead atoms. The number of amides is 1. The van der Waals surface area contributed by atoms with Crippen LogP contribution in [-0.4, -0.2) is 50.2 Å². The summed E-state index contributed by atoms with van der Waals surface area (Å²) in [7, 11) is 1.89. The first-order valence-corrected chi connectivity index (χ1v) is 6.18. The molecule has 1 heterocycles. The number of nitrogens with one attached hydrogen (secondary N) is 1. The van der Waals surface area contributed by atoms with Crippen molar-refractivity contribution >= 4 is 5.91 Å². The third-order valence-corrected chi connectivity index (χ3v) is 3.13. The van der Waals surface area contributed by atoms with E-state index in [9.17, 15) is 4.79 Å². The van der Waals surface area contributed by atoms with Gasteiger partial charge in [-0.25, -0.2) is 0 Å². The fraction of sp³-hybridized carbons (Fsp3) is 0.917. The predicted octanol–water partition coefficient (Wildman–Crippen LogP) is 0.869. The van der Waals surface area contributed by atoms with E-state index in [1.807, 2.05) is 11.9 Å². The third-order valence-electron chi connectivity index (χ3n) is 3.13. The molecule has 94 valence electrons. The number of morpholine rings is 1. The summed E-state index contributed by atoms with van der Waals surface area (Å²) in [4.78, 5) is 13.7. The third kappa shape index (κ3) is 4.49. The second-order valence-corrected chi connectivity index (χ2v) is 4.72. The van der Waals surface area contributed by atoms with Crippen molar-refractivity contribution in [3.8, 4) is 0 Å². The van der Waals surface area contributed by atoms with Gasteiger partial charge in [0.15, 0.2) is 0 Å². The van der Waals surface area contributed by atoms with E-state index in [1.165, 1.54) is 0 Å². The van der Waals surface area contributed by atoms with Crippen LogP contribution in [0.15, 0.2) is 0 Å². The predicted molar refractivity (Wildman–Crippen MR) is 64.3 cm³/mol. The normalized spacial score (nSPS) is 22.8. The number of rotatable bonds is 5. The molecule has 1 aliphatic rings. The average Bonchev–Trinajstić information content (AvgIpc) is 2.30. The lowest BCUT2D eigenvalue weighted by atomic mass is 10.1. The molecule has 16 heavy (non-hydrogen) atoms. The van der Waals surface area contributed by atoms with Gasteiger partial charge in [0, 0.05) is 32.6 Å². The summed E-state index contributed by atoms with van der Waals surface area (Å²) in [5, 5.41) is 3.30. The SMILES string of the molecule is CCC(C)CN(C)C(=O)CC1COCCN1. The zero-order chi connectivity index (χ0) is 12.0. The first kappa shape index (κ1) is 13.5. The summed E-state index contributed by atoms with van der Waals surface area (Å²) in [6.45, 7) is 7.44. The number of carbonyl (C=O) groups excluding carboxylic acids is 1. The van der Waals surface area contributed by atoms with Crippen molar-refractivity contribution in [3.05, 3.63) is 0 Å².